The molecule has 0 spiro atoms. The van der Waals surface area contributed by atoms with E-state index in [-0.39, 0.29) is 0 Å². The van der Waals surface area contributed by atoms with Gasteiger partial charge in [-0.1, -0.05) is 19.9 Å². The van der Waals surface area contributed by atoms with E-state index >= 15 is 0 Å². The molecule has 1 saturated carbocycles. The van der Waals surface area contributed by atoms with Crippen molar-refractivity contribution in [3.63, 3.8) is 0 Å². The van der Waals surface area contributed by atoms with Gasteiger partial charge >= 0.3 is 7.60 Å². The fourth-order valence-corrected chi connectivity index (χ4v) is 5.53. The van der Waals surface area contributed by atoms with Gasteiger partial charge in [0.1, 0.15) is 0 Å². The Kier molecular flexibility index (Phi) is 5.42. The summed E-state index contributed by atoms with van der Waals surface area (Å²) in [5, 5.41) is 11.1. The van der Waals surface area contributed by atoms with Gasteiger partial charge in [0, 0.05) is 5.41 Å². The lowest BCUT2D eigenvalue weighted by Gasteiger charge is -2.43. The molecule has 0 aromatic heterocycles. The monoisotopic (exact) mass is 290 g/mol. The van der Waals surface area contributed by atoms with E-state index in [1.807, 2.05) is 13.8 Å². The van der Waals surface area contributed by atoms with Gasteiger partial charge in [-0.15, -0.1) is 6.58 Å². The molecule has 1 N–H and O–H groups in total. The lowest BCUT2D eigenvalue weighted by Crippen LogP contribution is -2.49. The van der Waals surface area contributed by atoms with Gasteiger partial charge in [0.25, 0.3) is 0 Å². The summed E-state index contributed by atoms with van der Waals surface area (Å²) >= 11 is 0. The van der Waals surface area contributed by atoms with Crippen molar-refractivity contribution in [2.75, 3.05) is 13.2 Å². The Labute approximate surface area is 116 Å². The van der Waals surface area contributed by atoms with E-state index in [1.165, 1.54) is 0 Å². The molecule has 0 saturated heterocycles. The van der Waals surface area contributed by atoms with Gasteiger partial charge in [-0.3, -0.25) is 4.57 Å². The van der Waals surface area contributed by atoms with E-state index in [0.29, 0.717) is 26.1 Å². The van der Waals surface area contributed by atoms with E-state index < -0.39 is 24.3 Å². The first-order valence-corrected chi connectivity index (χ1v) is 8.63. The van der Waals surface area contributed by atoms with E-state index in [9.17, 15) is 9.67 Å². The molecule has 2 atom stereocenters. The summed E-state index contributed by atoms with van der Waals surface area (Å²) in [6.45, 7) is 11.8. The molecular weight excluding hydrogens is 263 g/mol. The zero-order valence-corrected chi connectivity index (χ0v) is 13.4. The first-order chi connectivity index (χ1) is 8.77. The van der Waals surface area contributed by atoms with Gasteiger partial charge in [-0.2, -0.15) is 0 Å². The summed E-state index contributed by atoms with van der Waals surface area (Å²) in [6, 6.07) is 0. The highest BCUT2D eigenvalue weighted by Crippen LogP contribution is 2.64. The number of aliphatic hydroxyl groups is 1. The predicted octanol–water partition coefficient (Wildman–Crippen LogP) is 3.75. The van der Waals surface area contributed by atoms with Crippen LogP contribution in [0, 0.1) is 5.41 Å². The predicted molar refractivity (Wildman–Crippen MR) is 77.4 cm³/mol. The summed E-state index contributed by atoms with van der Waals surface area (Å²) in [5.74, 6) is 0. The van der Waals surface area contributed by atoms with Crippen molar-refractivity contribution in [3.8, 4) is 0 Å². The molecular formula is C14H27O4P. The highest BCUT2D eigenvalue weighted by molar-refractivity contribution is 7.54. The Hall–Kier alpha value is -0.150. The molecule has 0 unspecified atom stereocenters. The minimum atomic E-state index is -3.30. The van der Waals surface area contributed by atoms with Crippen molar-refractivity contribution in [1.29, 1.82) is 0 Å². The van der Waals surface area contributed by atoms with Gasteiger partial charge in [-0.25, -0.2) is 0 Å². The normalized spacial score (nSPS) is 28.6. The molecule has 0 aromatic rings. The Bertz CT molecular complexity index is 356. The van der Waals surface area contributed by atoms with Gasteiger partial charge in [0.2, 0.25) is 0 Å². The number of rotatable bonds is 7. The van der Waals surface area contributed by atoms with Crippen LogP contribution in [0.25, 0.3) is 0 Å². The molecule has 1 fully saturated rings. The van der Waals surface area contributed by atoms with E-state index in [4.69, 9.17) is 9.05 Å². The molecule has 0 amide bonds. The van der Waals surface area contributed by atoms with Crippen LogP contribution in [0.4, 0.5) is 0 Å². The molecule has 0 heterocycles. The van der Waals surface area contributed by atoms with Crippen molar-refractivity contribution in [3.05, 3.63) is 12.7 Å². The van der Waals surface area contributed by atoms with Crippen LogP contribution in [0.1, 0.15) is 47.0 Å². The Balaban J connectivity index is 3.15. The smallest absolute Gasteiger partial charge is 0.336 e. The van der Waals surface area contributed by atoms with Crippen molar-refractivity contribution >= 4 is 7.60 Å². The minimum Gasteiger partial charge on any atom is -0.388 e. The summed E-state index contributed by atoms with van der Waals surface area (Å²) in [6.07, 6.45) is 3.81. The molecule has 0 aliphatic heterocycles. The SMILES string of the molecule is C=CC(C)(C)[C@]1(O)CCC[C@H]1P(=O)(OCC)OCC. The molecule has 1 rings (SSSR count). The molecule has 5 heteroatoms. The van der Waals surface area contributed by atoms with Crippen molar-refractivity contribution in [2.24, 2.45) is 5.41 Å². The summed E-state index contributed by atoms with van der Waals surface area (Å²) < 4.78 is 23.8. The first kappa shape index (κ1) is 16.9. The van der Waals surface area contributed by atoms with E-state index in [1.54, 1.807) is 19.9 Å². The molecule has 112 valence electrons. The van der Waals surface area contributed by atoms with Gasteiger partial charge in [-0.05, 0) is 33.1 Å². The molecule has 0 radical (unpaired) electrons. The third kappa shape index (κ3) is 2.97. The third-order valence-electron chi connectivity index (χ3n) is 4.21. The lowest BCUT2D eigenvalue weighted by molar-refractivity contribution is -0.0391. The maximum atomic E-state index is 13.0. The van der Waals surface area contributed by atoms with Crippen LogP contribution >= 0.6 is 7.60 Å². The standard InChI is InChI=1S/C14H27O4P/c1-6-13(4,5)14(15)11-9-10-12(14)19(16,17-7-2)18-8-3/h6,12,15H,1,7-11H2,2-5H3/t12-,14+/m1/s1. The summed E-state index contributed by atoms with van der Waals surface area (Å²) in [7, 11) is -3.30. The van der Waals surface area contributed by atoms with Crippen LogP contribution in [-0.2, 0) is 13.6 Å². The van der Waals surface area contributed by atoms with Crippen LogP contribution in [0.15, 0.2) is 12.7 Å². The average Bonchev–Trinajstić information content (AvgIpc) is 2.74. The summed E-state index contributed by atoms with van der Waals surface area (Å²) in [4.78, 5) is 0. The van der Waals surface area contributed by atoms with Crippen LogP contribution in [0.2, 0.25) is 0 Å². The second kappa shape index (κ2) is 6.09. The van der Waals surface area contributed by atoms with E-state index in [0.717, 1.165) is 6.42 Å². The zero-order valence-electron chi connectivity index (χ0n) is 12.5. The second-order valence-electron chi connectivity index (χ2n) is 5.63. The topological polar surface area (TPSA) is 55.8 Å². The second-order valence-corrected chi connectivity index (χ2v) is 7.85. The van der Waals surface area contributed by atoms with Crippen LogP contribution < -0.4 is 0 Å². The average molecular weight is 290 g/mol. The third-order valence-corrected chi connectivity index (χ3v) is 6.90. The molecule has 1 aliphatic carbocycles. The summed E-state index contributed by atoms with van der Waals surface area (Å²) in [5.41, 5.74) is -2.10. The van der Waals surface area contributed by atoms with Gasteiger partial charge < -0.3 is 14.2 Å². The zero-order chi connectivity index (χ0) is 14.7. The largest absolute Gasteiger partial charge is 0.388 e. The van der Waals surface area contributed by atoms with Crippen molar-refractivity contribution < 1.29 is 18.7 Å². The fraction of sp³-hybridized carbons (Fsp3) is 0.857. The quantitative estimate of drug-likeness (QED) is 0.573. The minimum absolute atomic E-state index is 0.318. The molecule has 0 bridgehead atoms. The highest BCUT2D eigenvalue weighted by Gasteiger charge is 2.58. The molecule has 19 heavy (non-hydrogen) atoms. The number of hydrogen-bond acceptors (Lipinski definition) is 4. The van der Waals surface area contributed by atoms with Crippen LogP contribution in [0.5, 0.6) is 0 Å². The maximum absolute atomic E-state index is 13.0. The van der Waals surface area contributed by atoms with E-state index in [2.05, 4.69) is 6.58 Å². The Morgan fingerprint density at radius 1 is 1.42 bits per heavy atom. The fourth-order valence-electron chi connectivity index (χ4n) is 2.90. The van der Waals surface area contributed by atoms with Crippen molar-refractivity contribution in [1.82, 2.24) is 0 Å². The lowest BCUT2D eigenvalue weighted by atomic mass is 9.73. The Morgan fingerprint density at radius 3 is 2.37 bits per heavy atom. The maximum Gasteiger partial charge on any atom is 0.336 e. The first-order valence-electron chi connectivity index (χ1n) is 7.02. The molecule has 0 aromatic carbocycles. The molecule has 4 nitrogen and oxygen atoms in total. The Morgan fingerprint density at radius 2 is 1.95 bits per heavy atom. The van der Waals surface area contributed by atoms with Crippen molar-refractivity contribution in [2.45, 2.75) is 58.2 Å². The van der Waals surface area contributed by atoms with Gasteiger partial charge in [0.05, 0.1) is 24.5 Å². The van der Waals surface area contributed by atoms with Crippen LogP contribution in [-0.4, -0.2) is 29.6 Å². The van der Waals surface area contributed by atoms with Crippen LogP contribution in [0.3, 0.4) is 0 Å². The number of hydrogen-bond donors (Lipinski definition) is 1. The van der Waals surface area contributed by atoms with Gasteiger partial charge in [0.15, 0.2) is 0 Å². The molecule has 1 aliphatic rings. The highest BCUT2D eigenvalue weighted by atomic mass is 31.2.